The van der Waals surface area contributed by atoms with E-state index in [1.807, 2.05) is 0 Å². The molecular formula is C16H10N2S2. The smallest absolute Gasteiger partial charge is 0.0925 e. The molecule has 0 amide bonds. The minimum Gasteiger partial charge on any atom is -0.349 e. The van der Waals surface area contributed by atoms with Crippen molar-refractivity contribution in [3.8, 4) is 11.1 Å². The topological polar surface area (TPSA) is 31.6 Å². The summed E-state index contributed by atoms with van der Waals surface area (Å²) in [5, 5.41) is 5.13. The van der Waals surface area contributed by atoms with E-state index >= 15 is 0 Å². The van der Waals surface area contributed by atoms with Crippen molar-refractivity contribution in [2.75, 3.05) is 0 Å². The van der Waals surface area contributed by atoms with Gasteiger partial charge in [0, 0.05) is 32.9 Å². The molecular weight excluding hydrogens is 284 g/mol. The molecule has 0 fully saturated rings. The Labute approximate surface area is 123 Å². The SMILES string of the molecule is c1ccc2c3c([nH]c2c1)SSc1[nH]c2ccccc2c1-3. The zero-order valence-corrected chi connectivity index (χ0v) is 12.1. The first-order chi connectivity index (χ1) is 9.92. The molecule has 0 saturated carbocycles. The van der Waals surface area contributed by atoms with Crippen LogP contribution in [0.4, 0.5) is 0 Å². The highest BCUT2D eigenvalue weighted by Crippen LogP contribution is 2.55. The van der Waals surface area contributed by atoms with Gasteiger partial charge in [-0.3, -0.25) is 0 Å². The molecule has 0 saturated heterocycles. The standard InChI is InChI=1S/C16H10N2S2/c1-3-7-11-9(5-1)13-14-10-6-2-4-8-12(10)18-16(14)20-19-15(13)17-11/h1-8,17-18H. The molecule has 2 aromatic heterocycles. The van der Waals surface area contributed by atoms with Crippen molar-refractivity contribution in [3.05, 3.63) is 48.5 Å². The quantitative estimate of drug-likeness (QED) is 0.424. The Kier molecular flexibility index (Phi) is 2.12. The van der Waals surface area contributed by atoms with Crippen molar-refractivity contribution in [3.63, 3.8) is 0 Å². The second-order valence-corrected chi connectivity index (χ2v) is 7.07. The van der Waals surface area contributed by atoms with E-state index in [0.29, 0.717) is 0 Å². The molecule has 0 radical (unpaired) electrons. The Bertz CT molecular complexity index is 885. The molecule has 0 spiro atoms. The molecule has 2 N–H and O–H groups in total. The van der Waals surface area contributed by atoms with Crippen molar-refractivity contribution >= 4 is 43.4 Å². The molecule has 5 rings (SSSR count). The van der Waals surface area contributed by atoms with Crippen molar-refractivity contribution < 1.29 is 0 Å². The molecule has 0 aliphatic carbocycles. The van der Waals surface area contributed by atoms with Crippen LogP contribution in [0.3, 0.4) is 0 Å². The first-order valence-corrected chi connectivity index (χ1v) is 8.63. The van der Waals surface area contributed by atoms with Crippen LogP contribution in [0.2, 0.25) is 0 Å². The van der Waals surface area contributed by atoms with Crippen LogP contribution in [0.15, 0.2) is 58.6 Å². The number of nitrogens with one attached hydrogen (secondary N) is 2. The lowest BCUT2D eigenvalue weighted by molar-refractivity contribution is 1.21. The number of hydrogen-bond donors (Lipinski definition) is 2. The fraction of sp³-hybridized carbons (Fsp3) is 0. The van der Waals surface area contributed by atoms with Gasteiger partial charge in [0.15, 0.2) is 0 Å². The van der Waals surface area contributed by atoms with E-state index < -0.39 is 0 Å². The summed E-state index contributed by atoms with van der Waals surface area (Å²) in [7, 11) is 3.60. The first-order valence-electron chi connectivity index (χ1n) is 6.48. The zero-order valence-electron chi connectivity index (χ0n) is 10.4. The van der Waals surface area contributed by atoms with Gasteiger partial charge >= 0.3 is 0 Å². The molecule has 1 aliphatic rings. The Hall–Kier alpha value is -1.78. The Morgan fingerprint density at radius 1 is 0.600 bits per heavy atom. The maximum absolute atomic E-state index is 3.54. The summed E-state index contributed by atoms with van der Waals surface area (Å²) in [6, 6.07) is 17.1. The third kappa shape index (κ3) is 1.33. The Balaban J connectivity index is 1.98. The maximum Gasteiger partial charge on any atom is 0.0925 e. The highest BCUT2D eigenvalue weighted by molar-refractivity contribution is 8.76. The Morgan fingerprint density at radius 2 is 1.05 bits per heavy atom. The average molecular weight is 294 g/mol. The minimum absolute atomic E-state index is 1.21. The van der Waals surface area contributed by atoms with Crippen LogP contribution in [0.1, 0.15) is 0 Å². The molecule has 4 aromatic rings. The van der Waals surface area contributed by atoms with E-state index in [2.05, 4.69) is 58.5 Å². The lowest BCUT2D eigenvalue weighted by Crippen LogP contribution is -1.84. The van der Waals surface area contributed by atoms with Crippen LogP contribution in [-0.2, 0) is 0 Å². The average Bonchev–Trinajstić information content (AvgIpc) is 3.04. The van der Waals surface area contributed by atoms with Gasteiger partial charge in [-0.2, -0.15) is 0 Å². The van der Waals surface area contributed by atoms with Gasteiger partial charge in [0.2, 0.25) is 0 Å². The van der Waals surface area contributed by atoms with E-state index in [-0.39, 0.29) is 0 Å². The predicted octanol–water partition coefficient (Wildman–Crippen LogP) is 5.43. The van der Waals surface area contributed by atoms with Crippen molar-refractivity contribution in [1.82, 2.24) is 9.97 Å². The summed E-state index contributed by atoms with van der Waals surface area (Å²) in [5.74, 6) is 0. The number of aromatic nitrogens is 2. The van der Waals surface area contributed by atoms with Gasteiger partial charge in [0.05, 0.1) is 10.1 Å². The van der Waals surface area contributed by atoms with Gasteiger partial charge < -0.3 is 9.97 Å². The predicted molar refractivity (Wildman–Crippen MR) is 87.3 cm³/mol. The number of H-pyrrole nitrogens is 2. The molecule has 20 heavy (non-hydrogen) atoms. The molecule has 4 heteroatoms. The van der Waals surface area contributed by atoms with E-state index in [1.54, 1.807) is 21.6 Å². The van der Waals surface area contributed by atoms with E-state index in [0.717, 1.165) is 0 Å². The summed E-state index contributed by atoms with van der Waals surface area (Å²) in [4.78, 5) is 7.08. The van der Waals surface area contributed by atoms with Gasteiger partial charge in [-0.25, -0.2) is 0 Å². The third-order valence-electron chi connectivity index (χ3n) is 3.80. The van der Waals surface area contributed by atoms with Crippen LogP contribution in [0.5, 0.6) is 0 Å². The highest BCUT2D eigenvalue weighted by Gasteiger charge is 2.25. The minimum atomic E-state index is 1.21. The molecule has 0 unspecified atom stereocenters. The molecule has 1 aliphatic heterocycles. The lowest BCUT2D eigenvalue weighted by Gasteiger charge is -2.11. The monoisotopic (exact) mass is 294 g/mol. The van der Waals surface area contributed by atoms with Crippen molar-refractivity contribution in [2.45, 2.75) is 10.1 Å². The van der Waals surface area contributed by atoms with E-state index in [4.69, 9.17) is 0 Å². The normalized spacial score (nSPS) is 13.6. The molecule has 0 bridgehead atoms. The highest BCUT2D eigenvalue weighted by atomic mass is 33.1. The number of para-hydroxylation sites is 2. The summed E-state index contributed by atoms with van der Waals surface area (Å²) >= 11 is 0. The molecule has 0 atom stereocenters. The molecule has 3 heterocycles. The number of hydrogen-bond acceptors (Lipinski definition) is 2. The maximum atomic E-state index is 3.54. The number of rotatable bonds is 0. The number of fused-ring (bicyclic) bond motifs is 7. The summed E-state index contributed by atoms with van der Waals surface area (Å²) in [6.07, 6.45) is 0. The van der Waals surface area contributed by atoms with Gasteiger partial charge in [-0.1, -0.05) is 36.4 Å². The fourth-order valence-electron chi connectivity index (χ4n) is 2.94. The van der Waals surface area contributed by atoms with Crippen LogP contribution in [0.25, 0.3) is 32.9 Å². The largest absolute Gasteiger partial charge is 0.349 e. The van der Waals surface area contributed by atoms with E-state index in [9.17, 15) is 0 Å². The fourth-order valence-corrected chi connectivity index (χ4v) is 5.25. The molecule has 2 aromatic carbocycles. The molecule has 96 valence electrons. The third-order valence-corrected chi connectivity index (χ3v) is 6.08. The van der Waals surface area contributed by atoms with Gasteiger partial charge in [0.25, 0.3) is 0 Å². The number of benzene rings is 2. The zero-order chi connectivity index (χ0) is 13.1. The molecule has 2 nitrogen and oxygen atoms in total. The van der Waals surface area contributed by atoms with Gasteiger partial charge in [-0.15, -0.1) is 0 Å². The van der Waals surface area contributed by atoms with Gasteiger partial charge in [-0.05, 0) is 33.7 Å². The summed E-state index contributed by atoms with van der Waals surface area (Å²) in [6.45, 7) is 0. The van der Waals surface area contributed by atoms with Gasteiger partial charge in [0.1, 0.15) is 0 Å². The van der Waals surface area contributed by atoms with Crippen LogP contribution in [-0.4, -0.2) is 9.97 Å². The number of aromatic amines is 2. The summed E-state index contributed by atoms with van der Waals surface area (Å²) in [5.41, 5.74) is 5.11. The lowest BCUT2D eigenvalue weighted by atomic mass is 10.0. The first kappa shape index (κ1) is 10.9. The second kappa shape index (κ2) is 3.87. The second-order valence-electron chi connectivity index (χ2n) is 4.92. The van der Waals surface area contributed by atoms with E-state index in [1.165, 1.54) is 43.0 Å². The van der Waals surface area contributed by atoms with Crippen molar-refractivity contribution in [2.24, 2.45) is 0 Å². The van der Waals surface area contributed by atoms with Crippen LogP contribution >= 0.6 is 21.6 Å². The Morgan fingerprint density at radius 3 is 1.55 bits per heavy atom. The van der Waals surface area contributed by atoms with Crippen molar-refractivity contribution in [1.29, 1.82) is 0 Å². The summed E-state index contributed by atoms with van der Waals surface area (Å²) < 4.78 is 0. The van der Waals surface area contributed by atoms with Crippen LogP contribution in [0, 0.1) is 0 Å². The van der Waals surface area contributed by atoms with Crippen LogP contribution < -0.4 is 0 Å².